The first-order valence-electron chi connectivity index (χ1n) is 8.87. The van der Waals surface area contributed by atoms with Crippen LogP contribution in [0.5, 0.6) is 5.75 Å². The molecule has 1 fully saturated rings. The Bertz CT molecular complexity index is 695. The number of carbonyl (C=O) groups is 3. The van der Waals surface area contributed by atoms with Crippen LogP contribution in [-0.4, -0.2) is 57.3 Å². The van der Waals surface area contributed by atoms with Crippen molar-refractivity contribution in [2.75, 3.05) is 6.54 Å². The lowest BCUT2D eigenvalue weighted by Gasteiger charge is -2.28. The van der Waals surface area contributed by atoms with Gasteiger partial charge in [-0.1, -0.05) is 12.1 Å². The van der Waals surface area contributed by atoms with Gasteiger partial charge in [0, 0.05) is 13.0 Å². The van der Waals surface area contributed by atoms with Crippen molar-refractivity contribution in [3.8, 4) is 5.75 Å². The highest BCUT2D eigenvalue weighted by atomic mass is 16.6. The fraction of sp³-hybridized carbons (Fsp3) is 0.526. The molecule has 2 rings (SSSR count). The van der Waals surface area contributed by atoms with E-state index in [9.17, 15) is 24.6 Å². The quantitative estimate of drug-likeness (QED) is 0.721. The summed E-state index contributed by atoms with van der Waals surface area (Å²) in [7, 11) is 0. The number of nitrogens with zero attached hydrogens (tertiary/aromatic N) is 1. The number of hydrogen-bond acceptors (Lipinski definition) is 5. The summed E-state index contributed by atoms with van der Waals surface area (Å²) in [6.45, 7) is 5.47. The van der Waals surface area contributed by atoms with E-state index in [2.05, 4.69) is 5.32 Å². The Morgan fingerprint density at radius 1 is 1.26 bits per heavy atom. The van der Waals surface area contributed by atoms with Crippen LogP contribution in [0.2, 0.25) is 0 Å². The molecular formula is C19H26N2O6. The Labute approximate surface area is 158 Å². The number of hydrogen-bond donors (Lipinski definition) is 3. The summed E-state index contributed by atoms with van der Waals surface area (Å²) in [6.07, 6.45) is 0.396. The maximum atomic E-state index is 13.0. The van der Waals surface area contributed by atoms with Gasteiger partial charge in [-0.15, -0.1) is 0 Å². The zero-order chi connectivity index (χ0) is 20.2. The van der Waals surface area contributed by atoms with E-state index in [1.807, 2.05) is 0 Å². The molecule has 0 radical (unpaired) electrons. The summed E-state index contributed by atoms with van der Waals surface area (Å²) < 4.78 is 5.24. The molecule has 1 aliphatic heterocycles. The number of benzene rings is 1. The Morgan fingerprint density at radius 2 is 1.89 bits per heavy atom. The van der Waals surface area contributed by atoms with Gasteiger partial charge in [-0.3, -0.25) is 4.79 Å². The molecule has 0 spiro atoms. The van der Waals surface area contributed by atoms with Crippen molar-refractivity contribution in [2.45, 2.75) is 57.7 Å². The van der Waals surface area contributed by atoms with Crippen LogP contribution < -0.4 is 5.32 Å². The van der Waals surface area contributed by atoms with Gasteiger partial charge in [0.2, 0.25) is 5.91 Å². The summed E-state index contributed by atoms with van der Waals surface area (Å²) in [5.74, 6) is -1.42. The van der Waals surface area contributed by atoms with Crippen LogP contribution in [0.1, 0.15) is 39.2 Å². The molecule has 8 nitrogen and oxygen atoms in total. The second-order valence-corrected chi connectivity index (χ2v) is 7.60. The lowest BCUT2D eigenvalue weighted by atomic mass is 10.0. The van der Waals surface area contributed by atoms with E-state index in [1.165, 1.54) is 17.0 Å². The number of carbonyl (C=O) groups excluding carboxylic acids is 2. The third-order valence-electron chi connectivity index (χ3n) is 4.19. The normalized spacial score (nSPS) is 18.0. The first kappa shape index (κ1) is 20.5. The van der Waals surface area contributed by atoms with E-state index in [-0.39, 0.29) is 12.2 Å². The summed E-state index contributed by atoms with van der Waals surface area (Å²) in [4.78, 5) is 37.9. The van der Waals surface area contributed by atoms with Crippen LogP contribution in [0.15, 0.2) is 24.3 Å². The molecule has 27 heavy (non-hydrogen) atoms. The van der Waals surface area contributed by atoms with Crippen LogP contribution in [-0.2, 0) is 20.7 Å². The molecule has 1 heterocycles. The number of aliphatic carboxylic acids is 1. The van der Waals surface area contributed by atoms with Gasteiger partial charge in [0.15, 0.2) is 0 Å². The molecule has 8 heteroatoms. The number of likely N-dealkylation sites (tertiary alicyclic amines) is 1. The number of phenols is 1. The van der Waals surface area contributed by atoms with Gasteiger partial charge < -0.3 is 25.2 Å². The first-order chi connectivity index (χ1) is 12.6. The van der Waals surface area contributed by atoms with Crippen molar-refractivity contribution in [1.82, 2.24) is 10.2 Å². The van der Waals surface area contributed by atoms with E-state index in [1.54, 1.807) is 32.9 Å². The monoisotopic (exact) mass is 378 g/mol. The number of aromatic hydroxyl groups is 1. The van der Waals surface area contributed by atoms with E-state index >= 15 is 0 Å². The van der Waals surface area contributed by atoms with Crippen LogP contribution >= 0.6 is 0 Å². The zero-order valence-electron chi connectivity index (χ0n) is 15.8. The smallest absolute Gasteiger partial charge is 0.408 e. The molecule has 1 aliphatic rings. The number of rotatable bonds is 5. The third kappa shape index (κ3) is 5.87. The van der Waals surface area contributed by atoms with Crippen molar-refractivity contribution in [3.63, 3.8) is 0 Å². The lowest BCUT2D eigenvalue weighted by Crippen LogP contribution is -2.53. The number of ether oxygens (including phenoxy) is 1. The maximum absolute atomic E-state index is 13.0. The molecule has 3 N–H and O–H groups in total. The van der Waals surface area contributed by atoms with Gasteiger partial charge in [0.25, 0.3) is 0 Å². The van der Waals surface area contributed by atoms with Gasteiger partial charge in [0.1, 0.15) is 23.4 Å². The van der Waals surface area contributed by atoms with Gasteiger partial charge >= 0.3 is 12.1 Å². The fourth-order valence-corrected chi connectivity index (χ4v) is 3.01. The van der Waals surface area contributed by atoms with Gasteiger partial charge in [0.05, 0.1) is 0 Å². The predicted octanol–water partition coefficient (Wildman–Crippen LogP) is 1.90. The SMILES string of the molecule is CC(C)(C)OC(=O)N[C@@H](Cc1ccc(O)cc1)C(=O)N1CCC[C@H]1C(=O)O. The van der Waals surface area contributed by atoms with E-state index in [0.717, 1.165) is 0 Å². The standard InChI is InChI=1S/C19H26N2O6/c1-19(2,3)27-18(26)20-14(11-12-6-8-13(22)9-7-12)16(23)21-10-4-5-15(21)17(24)25/h6-9,14-15,22H,4-5,10-11H2,1-3H3,(H,20,26)(H,24,25)/t14-,15-/m0/s1. The highest BCUT2D eigenvalue weighted by Crippen LogP contribution is 2.20. The molecule has 0 bridgehead atoms. The molecule has 0 aliphatic carbocycles. The van der Waals surface area contributed by atoms with Crippen molar-refractivity contribution in [3.05, 3.63) is 29.8 Å². The van der Waals surface area contributed by atoms with Gasteiger partial charge in [-0.05, 0) is 51.3 Å². The highest BCUT2D eigenvalue weighted by molar-refractivity contribution is 5.90. The molecular weight excluding hydrogens is 352 g/mol. The van der Waals surface area contributed by atoms with Crippen LogP contribution in [0.3, 0.4) is 0 Å². The lowest BCUT2D eigenvalue weighted by molar-refractivity contribution is -0.149. The number of carboxylic acids is 1. The first-order valence-corrected chi connectivity index (χ1v) is 8.87. The number of nitrogens with one attached hydrogen (secondary N) is 1. The van der Waals surface area contributed by atoms with E-state index in [0.29, 0.717) is 24.9 Å². The molecule has 0 aromatic heterocycles. The average molecular weight is 378 g/mol. The van der Waals surface area contributed by atoms with Gasteiger partial charge in [-0.2, -0.15) is 0 Å². The third-order valence-corrected chi connectivity index (χ3v) is 4.19. The Kier molecular flexibility index (Phi) is 6.30. The van der Waals surface area contributed by atoms with Gasteiger partial charge in [-0.25, -0.2) is 9.59 Å². The maximum Gasteiger partial charge on any atom is 0.408 e. The van der Waals surface area contributed by atoms with E-state index in [4.69, 9.17) is 4.74 Å². The number of carboxylic acid groups (broad SMARTS) is 1. The van der Waals surface area contributed by atoms with Crippen molar-refractivity contribution >= 4 is 18.0 Å². The molecule has 1 saturated heterocycles. The molecule has 2 amide bonds. The van der Waals surface area contributed by atoms with Crippen molar-refractivity contribution < 1.29 is 29.3 Å². The van der Waals surface area contributed by atoms with Crippen molar-refractivity contribution in [1.29, 1.82) is 0 Å². The average Bonchev–Trinajstić information content (AvgIpc) is 3.03. The second kappa shape index (κ2) is 8.28. The Morgan fingerprint density at radius 3 is 2.44 bits per heavy atom. The molecule has 148 valence electrons. The van der Waals surface area contributed by atoms with Crippen LogP contribution in [0.4, 0.5) is 4.79 Å². The summed E-state index contributed by atoms with van der Waals surface area (Å²) in [5.41, 5.74) is -0.0127. The number of alkyl carbamates (subject to hydrolysis) is 1. The second-order valence-electron chi connectivity index (χ2n) is 7.60. The predicted molar refractivity (Wildman–Crippen MR) is 97.3 cm³/mol. The molecule has 1 aromatic rings. The largest absolute Gasteiger partial charge is 0.508 e. The molecule has 0 saturated carbocycles. The summed E-state index contributed by atoms with van der Waals surface area (Å²) >= 11 is 0. The Hall–Kier alpha value is -2.77. The van der Waals surface area contributed by atoms with Crippen LogP contribution in [0, 0.1) is 0 Å². The minimum atomic E-state index is -1.05. The summed E-state index contributed by atoms with van der Waals surface area (Å²) in [6, 6.07) is 4.40. The highest BCUT2D eigenvalue weighted by Gasteiger charge is 2.38. The fourth-order valence-electron chi connectivity index (χ4n) is 3.01. The molecule has 1 aromatic carbocycles. The number of phenolic OH excluding ortho intramolecular Hbond substituents is 1. The number of amides is 2. The van der Waals surface area contributed by atoms with E-state index < -0.39 is 35.7 Å². The molecule has 2 atom stereocenters. The zero-order valence-corrected chi connectivity index (χ0v) is 15.8. The minimum absolute atomic E-state index is 0.0900. The minimum Gasteiger partial charge on any atom is -0.508 e. The van der Waals surface area contributed by atoms with Crippen LogP contribution in [0.25, 0.3) is 0 Å². The van der Waals surface area contributed by atoms with Crippen molar-refractivity contribution in [2.24, 2.45) is 0 Å². The topological polar surface area (TPSA) is 116 Å². The molecule has 0 unspecified atom stereocenters. The Balaban J connectivity index is 2.19. The summed E-state index contributed by atoms with van der Waals surface area (Å²) in [5, 5.41) is 21.3.